The zero-order valence-corrected chi connectivity index (χ0v) is 22.0. The van der Waals surface area contributed by atoms with Crippen molar-refractivity contribution in [1.82, 2.24) is 14.6 Å². The number of para-hydroxylation sites is 1. The van der Waals surface area contributed by atoms with Crippen LogP contribution in [0, 0.1) is 0 Å². The lowest BCUT2D eigenvalue weighted by Crippen LogP contribution is -2.42. The number of carbonyl (C=O) groups is 1. The molecule has 1 fully saturated rings. The predicted octanol–water partition coefficient (Wildman–Crippen LogP) is 2.64. The van der Waals surface area contributed by atoms with E-state index in [2.05, 4.69) is 10.1 Å². The molecule has 2 heterocycles. The molecule has 12 nitrogen and oxygen atoms in total. The number of nitrogens with zero attached hydrogens (tertiary/aromatic N) is 2. The summed E-state index contributed by atoms with van der Waals surface area (Å²) in [4.78, 5) is 28.1. The highest BCUT2D eigenvalue weighted by molar-refractivity contribution is 7.52. The highest BCUT2D eigenvalue weighted by Crippen LogP contribution is 2.48. The van der Waals surface area contributed by atoms with Crippen LogP contribution >= 0.6 is 7.75 Å². The number of nitrogens with two attached hydrogens (primary N) is 1. The summed E-state index contributed by atoms with van der Waals surface area (Å²) in [5, 5.41) is 12.7. The van der Waals surface area contributed by atoms with Crippen molar-refractivity contribution >= 4 is 19.5 Å². The van der Waals surface area contributed by atoms with Crippen molar-refractivity contribution in [1.29, 1.82) is 0 Å². The lowest BCUT2D eigenvalue weighted by molar-refractivity contribution is -0.146. The lowest BCUT2D eigenvalue weighted by Gasteiger charge is -2.24. The van der Waals surface area contributed by atoms with Crippen LogP contribution in [0.25, 0.3) is 0 Å². The number of nitrogens with one attached hydrogen (secondary N) is 1. The summed E-state index contributed by atoms with van der Waals surface area (Å²) in [6.07, 6.45) is -5.50. The van der Waals surface area contributed by atoms with Crippen LogP contribution < -0.4 is 21.0 Å². The van der Waals surface area contributed by atoms with Crippen LogP contribution in [0.15, 0.2) is 77.7 Å². The fourth-order valence-corrected chi connectivity index (χ4v) is 5.24. The fraction of sp³-hybridized carbons (Fsp3) is 0.320. The molecule has 0 amide bonds. The average Bonchev–Trinajstić information content (AvgIpc) is 3.15. The van der Waals surface area contributed by atoms with Gasteiger partial charge in [0.05, 0.1) is 6.61 Å². The predicted molar refractivity (Wildman–Crippen MR) is 137 cm³/mol. The summed E-state index contributed by atoms with van der Waals surface area (Å²) >= 11 is 0. The molecule has 2 aromatic carbocycles. The third-order valence-corrected chi connectivity index (χ3v) is 7.43. The van der Waals surface area contributed by atoms with Gasteiger partial charge in [0.25, 0.3) is 0 Å². The summed E-state index contributed by atoms with van der Waals surface area (Å²) in [5.74, 6) is -4.85. The Labute approximate surface area is 227 Å². The van der Waals surface area contributed by atoms with Crippen LogP contribution in [-0.2, 0) is 30.0 Å². The maximum Gasteiger partial charge on any atom is 0.459 e. The number of esters is 1. The molecule has 0 aliphatic carbocycles. The number of carbonyl (C=O) groups excluding carboxylic acids is 1. The number of hydrogen-bond donors (Lipinski definition) is 3. The number of halogens is 2. The van der Waals surface area contributed by atoms with Crippen molar-refractivity contribution in [2.75, 3.05) is 12.3 Å². The Bertz CT molecular complexity index is 1410. The van der Waals surface area contributed by atoms with E-state index in [1.54, 1.807) is 48.5 Å². The van der Waals surface area contributed by atoms with E-state index in [4.69, 9.17) is 24.3 Å². The third-order valence-electron chi connectivity index (χ3n) is 5.79. The fourth-order valence-electron chi connectivity index (χ4n) is 3.74. The van der Waals surface area contributed by atoms with Gasteiger partial charge in [0.2, 0.25) is 6.23 Å². The Morgan fingerprint density at radius 1 is 1.20 bits per heavy atom. The Morgan fingerprint density at radius 2 is 1.85 bits per heavy atom. The van der Waals surface area contributed by atoms with Gasteiger partial charge in [-0.2, -0.15) is 18.9 Å². The molecule has 0 bridgehead atoms. The number of aromatic nitrogens is 2. The monoisotopic (exact) mass is 580 g/mol. The van der Waals surface area contributed by atoms with E-state index in [1.165, 1.54) is 19.1 Å². The van der Waals surface area contributed by atoms with Gasteiger partial charge >= 0.3 is 25.3 Å². The van der Waals surface area contributed by atoms with Crippen LogP contribution in [0.1, 0.15) is 18.7 Å². The smallest absolute Gasteiger partial charge is 0.459 e. The molecule has 4 rings (SSSR count). The third kappa shape index (κ3) is 6.90. The van der Waals surface area contributed by atoms with Crippen LogP contribution in [-0.4, -0.2) is 51.4 Å². The average molecular weight is 580 g/mol. The van der Waals surface area contributed by atoms with E-state index < -0.39 is 56.4 Å². The second kappa shape index (κ2) is 12.2. The van der Waals surface area contributed by atoms with Gasteiger partial charge in [-0.15, -0.1) is 0 Å². The molecule has 0 spiro atoms. The number of ether oxygens (including phenoxy) is 2. The highest BCUT2D eigenvalue weighted by atomic mass is 31.2. The first-order valence-electron chi connectivity index (χ1n) is 12.0. The van der Waals surface area contributed by atoms with Crippen LogP contribution in [0.4, 0.5) is 14.6 Å². The van der Waals surface area contributed by atoms with E-state index in [-0.39, 0.29) is 18.2 Å². The Balaban J connectivity index is 1.47. The number of rotatable bonds is 11. The number of anilines is 1. The van der Waals surface area contributed by atoms with Gasteiger partial charge in [0.1, 0.15) is 30.3 Å². The zero-order chi connectivity index (χ0) is 28.9. The second-order valence-corrected chi connectivity index (χ2v) is 10.5. The van der Waals surface area contributed by atoms with Crippen LogP contribution in [0.5, 0.6) is 5.75 Å². The minimum Gasteiger partial charge on any atom is -0.460 e. The van der Waals surface area contributed by atoms with Gasteiger partial charge in [0.15, 0.2) is 6.10 Å². The largest absolute Gasteiger partial charge is 0.460 e. The van der Waals surface area contributed by atoms with Crippen LogP contribution in [0.2, 0.25) is 0 Å². The molecule has 1 aliphatic rings. The van der Waals surface area contributed by atoms with E-state index in [9.17, 15) is 28.0 Å². The maximum absolute atomic E-state index is 14.9. The van der Waals surface area contributed by atoms with Gasteiger partial charge in [-0.3, -0.25) is 13.9 Å². The Kier molecular flexibility index (Phi) is 8.96. The van der Waals surface area contributed by atoms with Gasteiger partial charge in [-0.25, -0.2) is 9.36 Å². The maximum atomic E-state index is 14.9. The van der Waals surface area contributed by atoms with E-state index in [1.807, 2.05) is 0 Å². The molecule has 3 aromatic rings. The summed E-state index contributed by atoms with van der Waals surface area (Å²) in [6.45, 7) is 0.435. The molecule has 5 atom stereocenters. The van der Waals surface area contributed by atoms with Gasteiger partial charge < -0.3 is 24.8 Å². The van der Waals surface area contributed by atoms with Crippen molar-refractivity contribution in [3.8, 4) is 5.75 Å². The molecular weight excluding hydrogens is 553 g/mol. The van der Waals surface area contributed by atoms with Gasteiger partial charge in [-0.1, -0.05) is 48.5 Å². The molecule has 4 N–H and O–H groups in total. The van der Waals surface area contributed by atoms with Crippen molar-refractivity contribution in [2.24, 2.45) is 0 Å². The number of aliphatic hydroxyl groups excluding tert-OH is 1. The number of aliphatic hydroxyl groups is 1. The van der Waals surface area contributed by atoms with Crippen molar-refractivity contribution in [3.63, 3.8) is 0 Å². The molecular formula is C25H27F2N4O8P. The summed E-state index contributed by atoms with van der Waals surface area (Å²) in [6, 6.07) is 16.5. The molecule has 1 aromatic heterocycles. The lowest BCUT2D eigenvalue weighted by atomic mass is 10.1. The molecule has 1 aliphatic heterocycles. The molecule has 15 heteroatoms. The zero-order valence-electron chi connectivity index (χ0n) is 21.1. The quantitative estimate of drug-likeness (QED) is 0.226. The SMILES string of the molecule is C[C@@H](NP(=O)(OCC1OC(n2ccc(N)nc2=O)C(F)(F)C1O)Oc1ccccc1)C(=O)OCc1ccccc1. The first-order valence-corrected chi connectivity index (χ1v) is 13.6. The number of hydrogen-bond acceptors (Lipinski definition) is 10. The van der Waals surface area contributed by atoms with Crippen molar-refractivity contribution in [2.45, 2.75) is 43.9 Å². The topological polar surface area (TPSA) is 164 Å². The van der Waals surface area contributed by atoms with E-state index >= 15 is 0 Å². The van der Waals surface area contributed by atoms with E-state index in [0.29, 0.717) is 4.57 Å². The Hall–Kier alpha value is -3.68. The van der Waals surface area contributed by atoms with Crippen molar-refractivity contribution in [3.05, 3.63) is 89.0 Å². The molecule has 214 valence electrons. The number of nitrogen functional groups attached to an aromatic ring is 1. The minimum atomic E-state index is -4.46. The summed E-state index contributed by atoms with van der Waals surface area (Å²) in [7, 11) is -4.46. The van der Waals surface area contributed by atoms with Crippen molar-refractivity contribution < 1.29 is 41.8 Å². The first kappa shape index (κ1) is 29.3. The van der Waals surface area contributed by atoms with Gasteiger partial charge in [-0.05, 0) is 30.7 Å². The standard InChI is InChI=1S/C25H27F2N4O8P/c1-16(22(33)36-14-17-8-4-2-5-9-17)30-40(35,39-18-10-6-3-7-11-18)37-15-19-21(32)25(26,27)23(38-19)31-13-12-20(28)29-24(31)34/h2-13,16,19,21,23,32H,14-15H2,1H3,(H,30,35)(H2,28,29,34)/t16-,19?,21?,23?,40?/m1/s1. The second-order valence-electron chi connectivity index (χ2n) is 8.83. The minimum absolute atomic E-state index is 0.0473. The highest BCUT2D eigenvalue weighted by Gasteiger charge is 2.60. The number of alkyl halides is 2. The normalized spacial score (nSPS) is 22.2. The first-order chi connectivity index (χ1) is 19.0. The molecule has 0 radical (unpaired) electrons. The molecule has 1 saturated heterocycles. The Morgan fingerprint density at radius 3 is 2.50 bits per heavy atom. The number of benzene rings is 2. The van der Waals surface area contributed by atoms with Gasteiger partial charge in [0, 0.05) is 6.20 Å². The molecule has 0 saturated carbocycles. The summed E-state index contributed by atoms with van der Waals surface area (Å²) < 4.78 is 65.3. The summed E-state index contributed by atoms with van der Waals surface area (Å²) in [5.41, 5.74) is 5.01. The van der Waals surface area contributed by atoms with E-state index in [0.717, 1.165) is 17.8 Å². The molecule has 4 unspecified atom stereocenters. The van der Waals surface area contributed by atoms with Crippen LogP contribution in [0.3, 0.4) is 0 Å². The molecule has 40 heavy (non-hydrogen) atoms.